The Kier molecular flexibility index (Phi) is 6.80. The largest absolute Gasteiger partial charge is 0.450 e. The zero-order chi connectivity index (χ0) is 19.8. The van der Waals surface area contributed by atoms with Gasteiger partial charge in [-0.15, -0.1) is 0 Å². The summed E-state index contributed by atoms with van der Waals surface area (Å²) in [6.45, 7) is -3.27. The summed E-state index contributed by atoms with van der Waals surface area (Å²) in [5.74, 6) is -2.56. The summed E-state index contributed by atoms with van der Waals surface area (Å²) < 4.78 is 37.6. The molecule has 0 bridgehead atoms. The van der Waals surface area contributed by atoms with Crippen LogP contribution in [0.5, 0.6) is 5.75 Å². The second kappa shape index (κ2) is 9.27. The van der Waals surface area contributed by atoms with Gasteiger partial charge in [-0.05, 0) is 30.2 Å². The van der Waals surface area contributed by atoms with Crippen molar-refractivity contribution in [1.29, 1.82) is 0 Å². The lowest BCUT2D eigenvalue weighted by molar-refractivity contribution is -0.402. The highest BCUT2D eigenvalue weighted by Crippen LogP contribution is 2.16. The molecule has 1 amide bonds. The van der Waals surface area contributed by atoms with Crippen LogP contribution in [-0.4, -0.2) is 36.6 Å². The van der Waals surface area contributed by atoms with E-state index in [2.05, 4.69) is 19.2 Å². The quantitative estimate of drug-likeness (QED) is 0.400. The molecule has 11 heteroatoms. The van der Waals surface area contributed by atoms with Gasteiger partial charge in [-0.25, -0.2) is 4.79 Å². The number of rotatable bonds is 9. The Balaban J connectivity index is 1.69. The summed E-state index contributed by atoms with van der Waals surface area (Å²) in [6.07, 6.45) is 0.416. The predicted octanol–water partition coefficient (Wildman–Crippen LogP) is 2.30. The van der Waals surface area contributed by atoms with Crippen LogP contribution in [0.2, 0.25) is 0 Å². The van der Waals surface area contributed by atoms with E-state index in [0.717, 1.165) is 17.7 Å². The summed E-state index contributed by atoms with van der Waals surface area (Å²) >= 11 is 0. The first-order valence-corrected chi connectivity index (χ1v) is 7.57. The van der Waals surface area contributed by atoms with Gasteiger partial charge in [0.25, 0.3) is 5.91 Å². The Morgan fingerprint density at radius 1 is 1.19 bits per heavy atom. The molecule has 1 aromatic carbocycles. The molecular formula is C16H14F2N2O7. The Labute approximate surface area is 151 Å². The van der Waals surface area contributed by atoms with Crippen molar-refractivity contribution >= 4 is 17.8 Å². The third-order valence-electron chi connectivity index (χ3n) is 3.19. The van der Waals surface area contributed by atoms with Crippen molar-refractivity contribution in [3.8, 4) is 5.75 Å². The molecule has 2 rings (SSSR count). The number of hydrogen-bond acceptors (Lipinski definition) is 7. The summed E-state index contributed by atoms with van der Waals surface area (Å²) in [4.78, 5) is 32.9. The van der Waals surface area contributed by atoms with Crippen LogP contribution >= 0.6 is 0 Å². The van der Waals surface area contributed by atoms with Gasteiger partial charge in [-0.1, -0.05) is 12.1 Å². The SMILES string of the molecule is O=C(COC(=O)c1ccc([N+](=O)[O-])o1)NCCc1ccc(OC(F)F)cc1. The average molecular weight is 384 g/mol. The van der Waals surface area contributed by atoms with Crippen LogP contribution < -0.4 is 10.1 Å². The summed E-state index contributed by atoms with van der Waals surface area (Å²) in [5.41, 5.74) is 0.775. The van der Waals surface area contributed by atoms with Gasteiger partial charge in [-0.2, -0.15) is 8.78 Å². The van der Waals surface area contributed by atoms with Crippen molar-refractivity contribution in [3.05, 3.63) is 57.8 Å². The predicted molar refractivity (Wildman–Crippen MR) is 85.4 cm³/mol. The van der Waals surface area contributed by atoms with Crippen molar-refractivity contribution < 1.29 is 37.2 Å². The number of alkyl halides is 2. The van der Waals surface area contributed by atoms with Crippen LogP contribution in [0.4, 0.5) is 14.7 Å². The first-order valence-electron chi connectivity index (χ1n) is 7.57. The number of carbonyl (C=O) groups is 2. The second-order valence-corrected chi connectivity index (χ2v) is 5.09. The molecule has 9 nitrogen and oxygen atoms in total. The normalized spacial score (nSPS) is 10.5. The van der Waals surface area contributed by atoms with Crippen LogP contribution in [0, 0.1) is 10.1 Å². The number of nitro groups is 1. The number of halogens is 2. The molecule has 2 aromatic rings. The number of nitrogens with zero attached hydrogens (tertiary/aromatic N) is 1. The molecule has 144 valence electrons. The van der Waals surface area contributed by atoms with E-state index in [0.29, 0.717) is 6.42 Å². The lowest BCUT2D eigenvalue weighted by Gasteiger charge is -2.07. The molecule has 0 atom stereocenters. The Bertz CT molecular complexity index is 805. The Morgan fingerprint density at radius 2 is 1.89 bits per heavy atom. The maximum absolute atomic E-state index is 12.0. The molecule has 1 aromatic heterocycles. The van der Waals surface area contributed by atoms with E-state index < -0.39 is 35.9 Å². The van der Waals surface area contributed by atoms with Gasteiger partial charge in [0.1, 0.15) is 10.7 Å². The summed E-state index contributed by atoms with van der Waals surface area (Å²) in [6, 6.07) is 7.98. The Hall–Kier alpha value is -3.50. The zero-order valence-electron chi connectivity index (χ0n) is 13.7. The van der Waals surface area contributed by atoms with Crippen LogP contribution in [-0.2, 0) is 16.0 Å². The van der Waals surface area contributed by atoms with E-state index in [9.17, 15) is 28.5 Å². The van der Waals surface area contributed by atoms with Crippen molar-refractivity contribution in [2.75, 3.05) is 13.2 Å². The molecule has 0 spiro atoms. The number of amides is 1. The van der Waals surface area contributed by atoms with Crippen LogP contribution in [0.1, 0.15) is 16.1 Å². The molecule has 1 heterocycles. The van der Waals surface area contributed by atoms with Crippen LogP contribution in [0.25, 0.3) is 0 Å². The van der Waals surface area contributed by atoms with E-state index in [4.69, 9.17) is 0 Å². The number of hydrogen-bond donors (Lipinski definition) is 1. The lowest BCUT2D eigenvalue weighted by Crippen LogP contribution is -2.30. The van der Waals surface area contributed by atoms with E-state index in [1.54, 1.807) is 12.1 Å². The number of benzene rings is 1. The highest BCUT2D eigenvalue weighted by Gasteiger charge is 2.19. The molecular weight excluding hydrogens is 370 g/mol. The molecule has 0 aliphatic rings. The van der Waals surface area contributed by atoms with Crippen molar-refractivity contribution in [2.45, 2.75) is 13.0 Å². The van der Waals surface area contributed by atoms with Crippen LogP contribution in [0.15, 0.2) is 40.8 Å². The Morgan fingerprint density at radius 3 is 2.48 bits per heavy atom. The van der Waals surface area contributed by atoms with Crippen molar-refractivity contribution in [2.24, 2.45) is 0 Å². The third-order valence-corrected chi connectivity index (χ3v) is 3.19. The standard InChI is InChI=1S/C16H14F2N2O7/c17-16(18)26-11-3-1-10(2-4-11)7-8-19-13(21)9-25-15(22)12-5-6-14(27-12)20(23)24/h1-6,16H,7-9H2,(H,19,21). The van der Waals surface area contributed by atoms with Gasteiger partial charge < -0.3 is 19.2 Å². The van der Waals surface area contributed by atoms with Gasteiger partial charge in [0.05, 0.1) is 6.07 Å². The van der Waals surface area contributed by atoms with Gasteiger partial charge in [0.2, 0.25) is 5.76 Å². The molecule has 0 saturated carbocycles. The molecule has 0 saturated heterocycles. The van der Waals surface area contributed by atoms with E-state index in [1.165, 1.54) is 12.1 Å². The van der Waals surface area contributed by atoms with Gasteiger partial charge >= 0.3 is 18.5 Å². The fourth-order valence-electron chi connectivity index (χ4n) is 1.97. The summed E-state index contributed by atoms with van der Waals surface area (Å²) in [7, 11) is 0. The number of esters is 1. The minimum absolute atomic E-state index is 0.0304. The van der Waals surface area contributed by atoms with E-state index in [-0.39, 0.29) is 18.1 Å². The molecule has 1 N–H and O–H groups in total. The molecule has 0 aliphatic heterocycles. The second-order valence-electron chi connectivity index (χ2n) is 5.09. The van der Waals surface area contributed by atoms with Crippen molar-refractivity contribution in [3.63, 3.8) is 0 Å². The monoisotopic (exact) mass is 384 g/mol. The molecule has 0 radical (unpaired) electrons. The molecule has 0 fully saturated rings. The number of furan rings is 1. The van der Waals surface area contributed by atoms with E-state index >= 15 is 0 Å². The van der Waals surface area contributed by atoms with Gasteiger partial charge in [0.15, 0.2) is 6.61 Å². The maximum atomic E-state index is 12.0. The minimum atomic E-state index is -2.90. The maximum Gasteiger partial charge on any atom is 0.433 e. The molecule has 0 unspecified atom stereocenters. The highest BCUT2D eigenvalue weighted by molar-refractivity contribution is 5.89. The third kappa shape index (κ3) is 6.38. The molecule has 0 aliphatic carbocycles. The van der Waals surface area contributed by atoms with E-state index in [1.807, 2.05) is 0 Å². The highest BCUT2D eigenvalue weighted by atomic mass is 19.3. The minimum Gasteiger partial charge on any atom is -0.450 e. The molecule has 27 heavy (non-hydrogen) atoms. The number of nitrogens with one attached hydrogen (secondary N) is 1. The van der Waals surface area contributed by atoms with Gasteiger partial charge in [0, 0.05) is 6.54 Å². The average Bonchev–Trinajstić information content (AvgIpc) is 3.11. The lowest BCUT2D eigenvalue weighted by atomic mass is 10.1. The zero-order valence-corrected chi connectivity index (χ0v) is 13.7. The van der Waals surface area contributed by atoms with Crippen molar-refractivity contribution in [1.82, 2.24) is 5.32 Å². The van der Waals surface area contributed by atoms with Gasteiger partial charge in [-0.3, -0.25) is 14.9 Å². The topological polar surface area (TPSA) is 121 Å². The summed E-state index contributed by atoms with van der Waals surface area (Å²) in [5, 5.41) is 13.0. The fourth-order valence-corrected chi connectivity index (χ4v) is 1.97. The first kappa shape index (κ1) is 19.8. The first-order chi connectivity index (χ1) is 12.8. The fraction of sp³-hybridized carbons (Fsp3) is 0.250. The smallest absolute Gasteiger partial charge is 0.433 e. The number of carbonyl (C=O) groups excluding carboxylic acids is 2. The number of ether oxygens (including phenoxy) is 2. The van der Waals surface area contributed by atoms with Crippen LogP contribution in [0.3, 0.4) is 0 Å².